The Morgan fingerprint density at radius 1 is 1.53 bits per heavy atom. The molecule has 0 atom stereocenters. The zero-order valence-corrected chi connectivity index (χ0v) is 9.66. The summed E-state index contributed by atoms with van der Waals surface area (Å²) in [4.78, 5) is 22.6. The molecule has 5 nitrogen and oxygen atoms in total. The molecule has 0 spiro atoms. The Hall–Kier alpha value is -1.78. The Labute approximate surface area is 98.8 Å². The largest absolute Gasteiger partial charge is 0.478 e. The predicted octanol–water partition coefficient (Wildman–Crippen LogP) is 1.68. The van der Waals surface area contributed by atoms with Crippen molar-refractivity contribution >= 4 is 11.9 Å². The minimum absolute atomic E-state index is 0.0732. The summed E-state index contributed by atoms with van der Waals surface area (Å²) in [6.07, 6.45) is 2.76. The second-order valence-electron chi connectivity index (χ2n) is 4.26. The van der Waals surface area contributed by atoms with Crippen LogP contribution in [0.5, 0.6) is 0 Å². The van der Waals surface area contributed by atoms with Crippen LogP contribution in [0.25, 0.3) is 0 Å². The van der Waals surface area contributed by atoms with Crippen molar-refractivity contribution < 1.29 is 19.1 Å². The van der Waals surface area contributed by atoms with Crippen LogP contribution in [0.3, 0.4) is 0 Å². The molecule has 0 bridgehead atoms. The standard InChI is InChI=1S/C12H15NO4/c1-2-9-8(12(15)16)5-10(17-9)11(14)13-6-7-3-4-7/h5,7H,2-4,6H2,1H3,(H,13,14)(H,15,16). The number of aromatic carboxylic acids is 1. The summed E-state index contributed by atoms with van der Waals surface area (Å²) in [7, 11) is 0. The molecule has 1 fully saturated rings. The van der Waals surface area contributed by atoms with Gasteiger partial charge in [-0.25, -0.2) is 4.79 Å². The molecule has 5 heteroatoms. The van der Waals surface area contributed by atoms with Gasteiger partial charge in [-0.15, -0.1) is 0 Å². The maximum absolute atomic E-state index is 11.7. The van der Waals surface area contributed by atoms with Crippen molar-refractivity contribution in [2.45, 2.75) is 26.2 Å². The van der Waals surface area contributed by atoms with Gasteiger partial charge in [0.05, 0.1) is 0 Å². The van der Waals surface area contributed by atoms with Crippen molar-refractivity contribution in [1.82, 2.24) is 5.32 Å². The van der Waals surface area contributed by atoms with Crippen molar-refractivity contribution in [3.05, 3.63) is 23.2 Å². The first-order chi connectivity index (χ1) is 8.11. The summed E-state index contributed by atoms with van der Waals surface area (Å²) < 4.78 is 5.25. The number of carbonyl (C=O) groups excluding carboxylic acids is 1. The summed E-state index contributed by atoms with van der Waals surface area (Å²) in [6.45, 7) is 2.43. The second kappa shape index (κ2) is 4.61. The number of furan rings is 1. The average Bonchev–Trinajstić information content (AvgIpc) is 3.02. The molecule has 0 unspecified atom stereocenters. The number of rotatable bonds is 5. The maximum Gasteiger partial charge on any atom is 0.339 e. The van der Waals surface area contributed by atoms with E-state index in [4.69, 9.17) is 9.52 Å². The van der Waals surface area contributed by atoms with Gasteiger partial charge in [0.15, 0.2) is 5.76 Å². The van der Waals surface area contributed by atoms with Crippen molar-refractivity contribution in [2.24, 2.45) is 5.92 Å². The molecule has 1 aromatic heterocycles. The Balaban J connectivity index is 2.08. The van der Waals surface area contributed by atoms with Crippen molar-refractivity contribution in [2.75, 3.05) is 6.54 Å². The van der Waals surface area contributed by atoms with E-state index in [1.807, 2.05) is 0 Å². The topological polar surface area (TPSA) is 79.5 Å². The van der Waals surface area contributed by atoms with Crippen LogP contribution in [-0.4, -0.2) is 23.5 Å². The molecule has 1 amide bonds. The Bertz CT molecular complexity index is 445. The number of hydrogen-bond acceptors (Lipinski definition) is 3. The van der Waals surface area contributed by atoms with Gasteiger partial charge in [0, 0.05) is 19.0 Å². The summed E-state index contributed by atoms with van der Waals surface area (Å²) in [5.41, 5.74) is 0.0732. The number of carbonyl (C=O) groups is 2. The third kappa shape index (κ3) is 2.67. The zero-order valence-electron chi connectivity index (χ0n) is 9.66. The van der Waals surface area contributed by atoms with E-state index in [1.165, 1.54) is 6.07 Å². The van der Waals surface area contributed by atoms with Crippen LogP contribution in [0.15, 0.2) is 10.5 Å². The predicted molar refractivity (Wildman–Crippen MR) is 60.1 cm³/mol. The highest BCUT2D eigenvalue weighted by atomic mass is 16.4. The normalized spacial score (nSPS) is 14.6. The molecule has 0 radical (unpaired) electrons. The lowest BCUT2D eigenvalue weighted by Crippen LogP contribution is -2.25. The second-order valence-corrected chi connectivity index (χ2v) is 4.26. The van der Waals surface area contributed by atoms with Gasteiger partial charge in [-0.1, -0.05) is 6.92 Å². The number of aryl methyl sites for hydroxylation is 1. The molecule has 2 rings (SSSR count). The summed E-state index contributed by atoms with van der Waals surface area (Å²) >= 11 is 0. The lowest BCUT2D eigenvalue weighted by molar-refractivity contribution is 0.0694. The first-order valence-corrected chi connectivity index (χ1v) is 5.76. The highest BCUT2D eigenvalue weighted by Gasteiger charge is 2.24. The third-order valence-electron chi connectivity index (χ3n) is 2.83. The maximum atomic E-state index is 11.7. The van der Waals surface area contributed by atoms with Crippen LogP contribution >= 0.6 is 0 Å². The number of nitrogens with one attached hydrogen (secondary N) is 1. The van der Waals surface area contributed by atoms with Crippen LogP contribution in [0, 0.1) is 5.92 Å². The van der Waals surface area contributed by atoms with Crippen LogP contribution in [0.4, 0.5) is 0 Å². The van der Waals surface area contributed by atoms with Gasteiger partial charge in [-0.05, 0) is 18.8 Å². The molecule has 0 aromatic carbocycles. The fourth-order valence-electron chi connectivity index (χ4n) is 1.63. The highest BCUT2D eigenvalue weighted by molar-refractivity contribution is 5.96. The van der Waals surface area contributed by atoms with Gasteiger partial charge in [-0.2, -0.15) is 0 Å². The van der Waals surface area contributed by atoms with Gasteiger partial charge in [-0.3, -0.25) is 4.79 Å². The van der Waals surface area contributed by atoms with Gasteiger partial charge in [0.1, 0.15) is 11.3 Å². The number of carboxylic acids is 1. The van der Waals surface area contributed by atoms with Crippen molar-refractivity contribution in [3.8, 4) is 0 Å². The van der Waals surface area contributed by atoms with E-state index < -0.39 is 5.97 Å². The molecule has 0 saturated heterocycles. The van der Waals surface area contributed by atoms with E-state index in [0.29, 0.717) is 24.6 Å². The minimum Gasteiger partial charge on any atom is -0.478 e. The quantitative estimate of drug-likeness (QED) is 0.816. The molecule has 17 heavy (non-hydrogen) atoms. The van der Waals surface area contributed by atoms with Crippen LogP contribution in [0.2, 0.25) is 0 Å². The monoisotopic (exact) mass is 237 g/mol. The van der Waals surface area contributed by atoms with E-state index in [-0.39, 0.29) is 17.2 Å². The van der Waals surface area contributed by atoms with Gasteiger partial charge >= 0.3 is 5.97 Å². The summed E-state index contributed by atoms with van der Waals surface area (Å²) in [5, 5.41) is 11.7. The number of hydrogen-bond donors (Lipinski definition) is 2. The van der Waals surface area contributed by atoms with Crippen molar-refractivity contribution in [1.29, 1.82) is 0 Å². The fraction of sp³-hybridized carbons (Fsp3) is 0.500. The van der Waals surface area contributed by atoms with Gasteiger partial charge < -0.3 is 14.8 Å². The molecule has 0 aliphatic heterocycles. The van der Waals surface area contributed by atoms with Crippen LogP contribution in [0.1, 0.15) is 46.4 Å². The number of amides is 1. The summed E-state index contributed by atoms with van der Waals surface area (Å²) in [6, 6.07) is 1.30. The molecule has 1 heterocycles. The number of carboxylic acid groups (broad SMARTS) is 1. The fourth-order valence-corrected chi connectivity index (χ4v) is 1.63. The molecule has 92 valence electrons. The van der Waals surface area contributed by atoms with E-state index in [0.717, 1.165) is 12.8 Å². The zero-order chi connectivity index (χ0) is 12.4. The lowest BCUT2D eigenvalue weighted by Gasteiger charge is -2.00. The SMILES string of the molecule is CCc1oc(C(=O)NCC2CC2)cc1C(=O)O. The molecular weight excluding hydrogens is 222 g/mol. The molecule has 1 saturated carbocycles. The molecular formula is C12H15NO4. The highest BCUT2D eigenvalue weighted by Crippen LogP contribution is 2.27. The molecule has 1 aliphatic carbocycles. The van der Waals surface area contributed by atoms with Crippen molar-refractivity contribution in [3.63, 3.8) is 0 Å². The molecule has 1 aromatic rings. The van der Waals surface area contributed by atoms with E-state index >= 15 is 0 Å². The Morgan fingerprint density at radius 2 is 2.24 bits per heavy atom. The van der Waals surface area contributed by atoms with E-state index in [9.17, 15) is 9.59 Å². The molecule has 2 N–H and O–H groups in total. The Morgan fingerprint density at radius 3 is 2.71 bits per heavy atom. The smallest absolute Gasteiger partial charge is 0.339 e. The Kier molecular flexibility index (Phi) is 3.17. The van der Waals surface area contributed by atoms with Gasteiger partial charge in [0.2, 0.25) is 0 Å². The first-order valence-electron chi connectivity index (χ1n) is 5.76. The minimum atomic E-state index is -1.06. The van der Waals surface area contributed by atoms with Crippen LogP contribution in [-0.2, 0) is 6.42 Å². The molecule has 1 aliphatic rings. The van der Waals surface area contributed by atoms with E-state index in [1.54, 1.807) is 6.92 Å². The van der Waals surface area contributed by atoms with Crippen LogP contribution < -0.4 is 5.32 Å². The third-order valence-corrected chi connectivity index (χ3v) is 2.83. The summed E-state index contributed by atoms with van der Waals surface area (Å²) in [5.74, 6) is -0.390. The average molecular weight is 237 g/mol. The van der Waals surface area contributed by atoms with Gasteiger partial charge in [0.25, 0.3) is 5.91 Å². The first kappa shape index (κ1) is 11.7. The lowest BCUT2D eigenvalue weighted by atomic mass is 10.2. The van der Waals surface area contributed by atoms with E-state index in [2.05, 4.69) is 5.32 Å².